The highest BCUT2D eigenvalue weighted by atomic mass is 19.1. The average Bonchev–Trinajstić information content (AvgIpc) is 2.56. The number of amides is 1. The Hall–Kier alpha value is -1.46. The quantitative estimate of drug-likeness (QED) is 0.870. The molecule has 5 fully saturated rings. The topological polar surface area (TPSA) is 60.8 Å². The van der Waals surface area contributed by atoms with Gasteiger partial charge >= 0.3 is 0 Å². The van der Waals surface area contributed by atoms with Crippen molar-refractivity contribution in [3.8, 4) is 0 Å². The number of aliphatic hydroxyl groups excluding tert-OH is 2. The van der Waals surface area contributed by atoms with Crippen molar-refractivity contribution in [3.05, 3.63) is 35.6 Å². The third kappa shape index (κ3) is 2.16. The number of benzene rings is 1. The molecule has 1 saturated heterocycles. The molecule has 140 valence electrons. The summed E-state index contributed by atoms with van der Waals surface area (Å²) in [5.41, 5.74) is 0.604. The van der Waals surface area contributed by atoms with Gasteiger partial charge in [-0.05, 0) is 67.1 Å². The van der Waals surface area contributed by atoms with Crippen molar-refractivity contribution in [1.82, 2.24) is 4.90 Å². The first-order chi connectivity index (χ1) is 12.4. The minimum atomic E-state index is -0.407. The standard InChI is InChI=1S/C21H26FNO3/c22-16-3-1-2-15(6-16)21(10-18(25)23-11-17(24)12-23)5-4-13-7-20(21)8-14(9-20)19(13)26/h1-3,6,13-14,17,19,24,26H,4-5,7-12H2. The molecule has 3 atom stereocenters. The van der Waals surface area contributed by atoms with Crippen molar-refractivity contribution in [1.29, 1.82) is 0 Å². The van der Waals surface area contributed by atoms with Crippen molar-refractivity contribution in [2.24, 2.45) is 17.3 Å². The van der Waals surface area contributed by atoms with E-state index in [0.29, 0.717) is 31.3 Å². The fraction of sp³-hybridized carbons (Fsp3) is 0.667. The fourth-order valence-electron chi connectivity index (χ4n) is 6.56. The number of carbonyl (C=O) groups is 1. The van der Waals surface area contributed by atoms with E-state index in [4.69, 9.17) is 0 Å². The highest BCUT2D eigenvalue weighted by Crippen LogP contribution is 2.71. The van der Waals surface area contributed by atoms with Gasteiger partial charge in [0.15, 0.2) is 0 Å². The van der Waals surface area contributed by atoms with Crippen LogP contribution in [-0.4, -0.2) is 46.3 Å². The third-order valence-electron chi connectivity index (χ3n) is 7.93. The zero-order chi connectivity index (χ0) is 18.1. The van der Waals surface area contributed by atoms with E-state index < -0.39 is 6.10 Å². The van der Waals surface area contributed by atoms with Crippen molar-refractivity contribution >= 4 is 5.91 Å². The second kappa shape index (κ2) is 5.52. The van der Waals surface area contributed by atoms with Gasteiger partial charge in [0.25, 0.3) is 0 Å². The number of halogens is 1. The molecular weight excluding hydrogens is 333 g/mol. The van der Waals surface area contributed by atoms with Gasteiger partial charge in [0, 0.05) is 24.9 Å². The Morgan fingerprint density at radius 2 is 1.92 bits per heavy atom. The van der Waals surface area contributed by atoms with E-state index >= 15 is 0 Å². The molecule has 1 aromatic rings. The van der Waals surface area contributed by atoms with Crippen LogP contribution in [0.2, 0.25) is 0 Å². The number of rotatable bonds is 3. The van der Waals surface area contributed by atoms with Gasteiger partial charge in [0.2, 0.25) is 5.91 Å². The Kier molecular flexibility index (Phi) is 3.55. The van der Waals surface area contributed by atoms with Crippen LogP contribution in [-0.2, 0) is 10.2 Å². The Balaban J connectivity index is 1.53. The lowest BCUT2D eigenvalue weighted by atomic mass is 9.36. The second-order valence-corrected chi connectivity index (χ2v) is 9.16. The minimum absolute atomic E-state index is 0.00670. The van der Waals surface area contributed by atoms with Crippen LogP contribution in [0.1, 0.15) is 44.1 Å². The van der Waals surface area contributed by atoms with E-state index in [1.807, 2.05) is 6.07 Å². The molecule has 2 N–H and O–H groups in total. The van der Waals surface area contributed by atoms with Gasteiger partial charge < -0.3 is 15.1 Å². The van der Waals surface area contributed by atoms with Gasteiger partial charge in [-0.15, -0.1) is 0 Å². The number of nitrogens with zero attached hydrogens (tertiary/aromatic N) is 1. The van der Waals surface area contributed by atoms with E-state index in [-0.39, 0.29) is 28.7 Å². The molecule has 4 aliphatic carbocycles. The van der Waals surface area contributed by atoms with E-state index in [0.717, 1.165) is 37.7 Å². The third-order valence-corrected chi connectivity index (χ3v) is 7.93. The lowest BCUT2D eigenvalue weighted by Crippen LogP contribution is -2.66. The number of likely N-dealkylation sites (tertiary alicyclic amines) is 1. The van der Waals surface area contributed by atoms with Crippen molar-refractivity contribution in [2.45, 2.75) is 56.1 Å². The number of carbonyl (C=O) groups excluding carboxylic acids is 1. The lowest BCUT2D eigenvalue weighted by molar-refractivity contribution is -0.199. The summed E-state index contributed by atoms with van der Waals surface area (Å²) < 4.78 is 14.1. The van der Waals surface area contributed by atoms with Gasteiger partial charge in [0.1, 0.15) is 5.82 Å². The Morgan fingerprint density at radius 1 is 1.19 bits per heavy atom. The average molecular weight is 359 g/mol. The van der Waals surface area contributed by atoms with Crippen LogP contribution in [0.25, 0.3) is 0 Å². The minimum Gasteiger partial charge on any atom is -0.393 e. The van der Waals surface area contributed by atoms with Crippen LogP contribution in [0.3, 0.4) is 0 Å². The molecule has 4 nitrogen and oxygen atoms in total. The van der Waals surface area contributed by atoms with E-state index in [9.17, 15) is 19.4 Å². The SMILES string of the molecule is O=C(CC1(c2cccc(F)c2)CCC2CC13CC(C3)C2O)N1CC(O)C1. The molecule has 1 amide bonds. The summed E-state index contributed by atoms with van der Waals surface area (Å²) in [6.45, 7) is 0.823. The highest BCUT2D eigenvalue weighted by Gasteiger charge is 2.67. The molecule has 0 radical (unpaired) electrons. The van der Waals surface area contributed by atoms with Crippen LogP contribution >= 0.6 is 0 Å². The molecule has 1 heterocycles. The zero-order valence-corrected chi connectivity index (χ0v) is 14.9. The molecule has 1 aliphatic heterocycles. The summed E-state index contributed by atoms with van der Waals surface area (Å²) in [5, 5.41) is 20.0. The molecule has 3 unspecified atom stereocenters. The molecule has 5 heteroatoms. The maximum Gasteiger partial charge on any atom is 0.223 e. The predicted octanol–water partition coefficient (Wildman–Crippen LogP) is 2.23. The Morgan fingerprint density at radius 3 is 2.62 bits per heavy atom. The van der Waals surface area contributed by atoms with Gasteiger partial charge in [0.05, 0.1) is 12.2 Å². The van der Waals surface area contributed by atoms with E-state index in [1.54, 1.807) is 17.0 Å². The molecule has 0 aromatic heterocycles. The maximum absolute atomic E-state index is 14.1. The molecular formula is C21H26FNO3. The summed E-state index contributed by atoms with van der Waals surface area (Å²) in [6, 6.07) is 6.81. The smallest absolute Gasteiger partial charge is 0.223 e. The van der Waals surface area contributed by atoms with E-state index in [1.165, 1.54) is 6.07 Å². The van der Waals surface area contributed by atoms with Gasteiger partial charge in [-0.2, -0.15) is 0 Å². The molecule has 1 spiro atoms. The van der Waals surface area contributed by atoms with Gasteiger partial charge in [-0.1, -0.05) is 12.1 Å². The molecule has 3 bridgehead atoms. The largest absolute Gasteiger partial charge is 0.393 e. The summed E-state index contributed by atoms with van der Waals surface area (Å²) in [6.07, 6.45) is 4.32. The highest BCUT2D eigenvalue weighted by molar-refractivity contribution is 5.79. The molecule has 1 aromatic carbocycles. The monoisotopic (exact) mass is 359 g/mol. The number of hydrogen-bond donors (Lipinski definition) is 2. The van der Waals surface area contributed by atoms with Crippen LogP contribution in [0.15, 0.2) is 24.3 Å². The van der Waals surface area contributed by atoms with Gasteiger partial charge in [-0.3, -0.25) is 4.79 Å². The molecule has 4 saturated carbocycles. The first kappa shape index (κ1) is 16.7. The second-order valence-electron chi connectivity index (χ2n) is 9.16. The maximum atomic E-state index is 14.1. The first-order valence-electron chi connectivity index (χ1n) is 9.82. The summed E-state index contributed by atoms with van der Waals surface area (Å²) in [5.74, 6) is 0.480. The lowest BCUT2D eigenvalue weighted by Gasteiger charge is -2.69. The Bertz CT molecular complexity index is 741. The number of hydrogen-bond acceptors (Lipinski definition) is 3. The number of aliphatic hydroxyl groups is 2. The predicted molar refractivity (Wildman–Crippen MR) is 93.8 cm³/mol. The van der Waals surface area contributed by atoms with Crippen molar-refractivity contribution < 1.29 is 19.4 Å². The number of β-amino-alcohol motifs (C(OH)–C–C–N with tert-alkyl or cyclic N) is 1. The summed E-state index contributed by atoms with van der Waals surface area (Å²) in [4.78, 5) is 14.7. The zero-order valence-electron chi connectivity index (χ0n) is 14.9. The summed E-state index contributed by atoms with van der Waals surface area (Å²) >= 11 is 0. The molecule has 6 rings (SSSR count). The normalized spacial score (nSPS) is 41.3. The van der Waals surface area contributed by atoms with Crippen LogP contribution in [0.4, 0.5) is 4.39 Å². The van der Waals surface area contributed by atoms with Crippen LogP contribution in [0, 0.1) is 23.1 Å². The Labute approximate surface area is 153 Å². The molecule has 5 aliphatic rings. The van der Waals surface area contributed by atoms with Crippen molar-refractivity contribution in [2.75, 3.05) is 13.1 Å². The summed E-state index contributed by atoms with van der Waals surface area (Å²) in [7, 11) is 0. The molecule has 26 heavy (non-hydrogen) atoms. The first-order valence-corrected chi connectivity index (χ1v) is 9.82. The van der Waals surface area contributed by atoms with E-state index in [2.05, 4.69) is 0 Å². The van der Waals surface area contributed by atoms with Gasteiger partial charge in [-0.25, -0.2) is 4.39 Å². The van der Waals surface area contributed by atoms with Crippen LogP contribution in [0.5, 0.6) is 0 Å². The fourth-order valence-corrected chi connectivity index (χ4v) is 6.56. The van der Waals surface area contributed by atoms with Crippen LogP contribution < -0.4 is 0 Å². The van der Waals surface area contributed by atoms with Crippen molar-refractivity contribution in [3.63, 3.8) is 0 Å².